The molecule has 2 N–H and O–H groups in total. The van der Waals surface area contributed by atoms with Crippen molar-refractivity contribution in [3.05, 3.63) is 29.8 Å². The number of hydrogen-bond acceptors (Lipinski definition) is 2. The highest BCUT2D eigenvalue weighted by Crippen LogP contribution is 2.27. The first-order valence-electron chi connectivity index (χ1n) is 4.53. The van der Waals surface area contributed by atoms with E-state index in [0.717, 1.165) is 0 Å². The number of rotatable bonds is 4. The molecule has 0 saturated carbocycles. The fourth-order valence-corrected chi connectivity index (χ4v) is 1.04. The summed E-state index contributed by atoms with van der Waals surface area (Å²) in [4.78, 5) is 0. The number of benzene rings is 1. The molecular formula is C10H11F4NO. The summed E-state index contributed by atoms with van der Waals surface area (Å²) < 4.78 is 52.5. The van der Waals surface area contributed by atoms with Gasteiger partial charge in [-0.25, -0.2) is 0 Å². The minimum Gasteiger partial charge on any atom is -0.428 e. The average Bonchev–Trinajstić information content (AvgIpc) is 2.17. The Morgan fingerprint density at radius 1 is 1.19 bits per heavy atom. The van der Waals surface area contributed by atoms with Gasteiger partial charge in [0.2, 0.25) is 0 Å². The molecule has 0 spiro atoms. The highest BCUT2D eigenvalue weighted by Gasteiger charge is 2.43. The van der Waals surface area contributed by atoms with Crippen molar-refractivity contribution in [3.63, 3.8) is 0 Å². The molecule has 1 atom stereocenters. The summed E-state index contributed by atoms with van der Waals surface area (Å²) in [5.74, 6) is -0.324. The lowest BCUT2D eigenvalue weighted by atomic mass is 10.1. The molecule has 1 aromatic carbocycles. The molecule has 0 heterocycles. The summed E-state index contributed by atoms with van der Waals surface area (Å²) in [7, 11) is 0. The van der Waals surface area contributed by atoms with Gasteiger partial charge in [0.05, 0.1) is 0 Å². The van der Waals surface area contributed by atoms with Gasteiger partial charge in [0.25, 0.3) is 0 Å². The van der Waals surface area contributed by atoms with Crippen molar-refractivity contribution in [2.75, 3.05) is 0 Å². The number of ether oxygens (including phenoxy) is 1. The molecule has 2 nitrogen and oxygen atoms in total. The molecule has 1 aromatic rings. The van der Waals surface area contributed by atoms with E-state index < -0.39 is 12.5 Å². The van der Waals surface area contributed by atoms with Gasteiger partial charge in [-0.3, -0.25) is 0 Å². The normalized spacial score (nSPS) is 13.9. The van der Waals surface area contributed by atoms with Gasteiger partial charge in [-0.05, 0) is 24.6 Å². The Morgan fingerprint density at radius 2 is 1.69 bits per heavy atom. The Bertz CT molecular complexity index is 337. The fraction of sp³-hybridized carbons (Fsp3) is 0.400. The van der Waals surface area contributed by atoms with E-state index in [-0.39, 0.29) is 11.8 Å². The van der Waals surface area contributed by atoms with E-state index in [4.69, 9.17) is 5.73 Å². The standard InChI is InChI=1S/C10H11F4NO/c1-6(15)7-2-4-8(5-3-7)16-10(13,14)9(11)12/h2-6,9H,15H2,1H3. The fourth-order valence-electron chi connectivity index (χ4n) is 1.04. The second kappa shape index (κ2) is 4.69. The second-order valence-corrected chi connectivity index (χ2v) is 3.32. The molecule has 6 heteroatoms. The van der Waals surface area contributed by atoms with Gasteiger partial charge in [0.1, 0.15) is 5.75 Å². The largest absolute Gasteiger partial charge is 0.461 e. The maximum absolute atomic E-state index is 12.5. The van der Waals surface area contributed by atoms with Gasteiger partial charge in [-0.15, -0.1) is 0 Å². The zero-order chi connectivity index (χ0) is 12.3. The van der Waals surface area contributed by atoms with Crippen LogP contribution < -0.4 is 10.5 Å². The minimum atomic E-state index is -4.48. The molecule has 0 fully saturated rings. The highest BCUT2D eigenvalue weighted by atomic mass is 19.3. The summed E-state index contributed by atoms with van der Waals surface area (Å²) in [6, 6.07) is 4.98. The van der Waals surface area contributed by atoms with Crippen molar-refractivity contribution in [1.29, 1.82) is 0 Å². The average molecular weight is 237 g/mol. The van der Waals surface area contributed by atoms with E-state index in [1.165, 1.54) is 24.3 Å². The Labute approximate surface area is 90.0 Å². The van der Waals surface area contributed by atoms with Crippen LogP contribution in [0.15, 0.2) is 24.3 Å². The topological polar surface area (TPSA) is 35.2 Å². The van der Waals surface area contributed by atoms with Crippen LogP contribution >= 0.6 is 0 Å². The molecule has 0 aliphatic rings. The first-order chi connectivity index (χ1) is 7.33. The van der Waals surface area contributed by atoms with Gasteiger partial charge in [0, 0.05) is 6.04 Å². The first-order valence-corrected chi connectivity index (χ1v) is 4.53. The lowest BCUT2D eigenvalue weighted by molar-refractivity contribution is -0.253. The second-order valence-electron chi connectivity index (χ2n) is 3.32. The highest BCUT2D eigenvalue weighted by molar-refractivity contribution is 5.29. The van der Waals surface area contributed by atoms with Crippen molar-refractivity contribution in [2.45, 2.75) is 25.5 Å². The maximum Gasteiger partial charge on any atom is 0.461 e. The molecule has 0 amide bonds. The van der Waals surface area contributed by atoms with Crippen molar-refractivity contribution in [3.8, 4) is 5.75 Å². The van der Waals surface area contributed by atoms with E-state index in [0.29, 0.717) is 5.56 Å². The summed E-state index contributed by atoms with van der Waals surface area (Å²) in [5, 5.41) is 0. The lowest BCUT2D eigenvalue weighted by Crippen LogP contribution is -2.33. The SMILES string of the molecule is CC(N)c1ccc(OC(F)(F)C(F)F)cc1. The van der Waals surface area contributed by atoms with E-state index >= 15 is 0 Å². The van der Waals surface area contributed by atoms with Crippen LogP contribution in [0.1, 0.15) is 18.5 Å². The summed E-state index contributed by atoms with van der Waals surface area (Å²) in [6.45, 7) is 1.71. The Morgan fingerprint density at radius 3 is 2.06 bits per heavy atom. The zero-order valence-corrected chi connectivity index (χ0v) is 8.46. The van der Waals surface area contributed by atoms with Crippen molar-refractivity contribution in [1.82, 2.24) is 0 Å². The van der Waals surface area contributed by atoms with Gasteiger partial charge < -0.3 is 10.5 Å². The van der Waals surface area contributed by atoms with E-state index in [1.807, 2.05) is 0 Å². The summed E-state index contributed by atoms with van der Waals surface area (Å²) in [5.41, 5.74) is 6.23. The predicted octanol–water partition coefficient (Wildman–Crippen LogP) is 2.94. The lowest BCUT2D eigenvalue weighted by Gasteiger charge is -2.17. The molecule has 16 heavy (non-hydrogen) atoms. The van der Waals surface area contributed by atoms with Crippen LogP contribution in [0.25, 0.3) is 0 Å². The molecule has 0 saturated heterocycles. The molecule has 1 unspecified atom stereocenters. The summed E-state index contributed by atoms with van der Waals surface area (Å²) >= 11 is 0. The Kier molecular flexibility index (Phi) is 3.74. The van der Waals surface area contributed by atoms with Gasteiger partial charge in [-0.1, -0.05) is 12.1 Å². The van der Waals surface area contributed by atoms with Crippen LogP contribution in [-0.2, 0) is 0 Å². The van der Waals surface area contributed by atoms with Crippen molar-refractivity contribution < 1.29 is 22.3 Å². The molecule has 90 valence electrons. The number of nitrogens with two attached hydrogens (primary N) is 1. The third-order valence-electron chi connectivity index (χ3n) is 1.91. The molecule has 0 aliphatic carbocycles. The third-order valence-corrected chi connectivity index (χ3v) is 1.91. The van der Waals surface area contributed by atoms with Crippen LogP contribution in [0.5, 0.6) is 5.75 Å². The minimum absolute atomic E-state index is 0.260. The number of alkyl halides is 4. The molecule has 0 aliphatic heterocycles. The molecule has 0 radical (unpaired) electrons. The molecule has 0 aromatic heterocycles. The van der Waals surface area contributed by atoms with Crippen LogP contribution in [0, 0.1) is 0 Å². The van der Waals surface area contributed by atoms with Crippen LogP contribution in [-0.4, -0.2) is 12.5 Å². The quantitative estimate of drug-likeness (QED) is 0.817. The number of hydrogen-bond donors (Lipinski definition) is 1. The van der Waals surface area contributed by atoms with Crippen LogP contribution in [0.3, 0.4) is 0 Å². The van der Waals surface area contributed by atoms with Gasteiger partial charge >= 0.3 is 12.5 Å². The third kappa shape index (κ3) is 3.10. The van der Waals surface area contributed by atoms with Crippen LogP contribution in [0.4, 0.5) is 17.6 Å². The Balaban J connectivity index is 2.76. The van der Waals surface area contributed by atoms with E-state index in [1.54, 1.807) is 6.92 Å². The van der Waals surface area contributed by atoms with Crippen molar-refractivity contribution >= 4 is 0 Å². The van der Waals surface area contributed by atoms with Crippen LogP contribution in [0.2, 0.25) is 0 Å². The predicted molar refractivity (Wildman–Crippen MR) is 50.6 cm³/mol. The number of halogens is 4. The first kappa shape index (κ1) is 12.8. The molecule has 1 rings (SSSR count). The monoisotopic (exact) mass is 237 g/mol. The van der Waals surface area contributed by atoms with E-state index in [9.17, 15) is 17.6 Å². The van der Waals surface area contributed by atoms with Gasteiger partial charge in [0.15, 0.2) is 0 Å². The van der Waals surface area contributed by atoms with E-state index in [2.05, 4.69) is 4.74 Å². The summed E-state index contributed by atoms with van der Waals surface area (Å²) in [6.07, 6.45) is -8.34. The smallest absolute Gasteiger partial charge is 0.428 e. The van der Waals surface area contributed by atoms with Gasteiger partial charge in [-0.2, -0.15) is 17.6 Å². The maximum atomic E-state index is 12.5. The van der Waals surface area contributed by atoms with Crippen molar-refractivity contribution in [2.24, 2.45) is 5.73 Å². The zero-order valence-electron chi connectivity index (χ0n) is 8.46. The Hall–Kier alpha value is -1.30. The molecule has 0 bridgehead atoms. The molecular weight excluding hydrogens is 226 g/mol.